The highest BCUT2D eigenvalue weighted by Gasteiger charge is 2.27. The molecule has 2 rings (SSSR count). The van der Waals surface area contributed by atoms with E-state index in [4.69, 9.17) is 31.5 Å². The van der Waals surface area contributed by atoms with Gasteiger partial charge in [0.2, 0.25) is 0 Å². The maximum Gasteiger partial charge on any atom is 0.199 e. The molecule has 0 radical (unpaired) electrons. The van der Waals surface area contributed by atoms with Crippen LogP contribution in [0, 0.1) is 5.82 Å². The van der Waals surface area contributed by atoms with Crippen LogP contribution in [0.15, 0.2) is 0 Å². The van der Waals surface area contributed by atoms with Crippen LogP contribution in [0.4, 0.5) is 10.2 Å². The van der Waals surface area contributed by atoms with Crippen molar-refractivity contribution in [3.63, 3.8) is 0 Å². The fraction of sp³-hybridized carbons (Fsp3) is 0.500. The number of rotatable bonds is 5. The van der Waals surface area contributed by atoms with Gasteiger partial charge >= 0.3 is 0 Å². The van der Waals surface area contributed by atoms with Gasteiger partial charge in [-0.2, -0.15) is 0 Å². The Morgan fingerprint density at radius 1 is 1.12 bits per heavy atom. The second-order valence-electron chi connectivity index (χ2n) is 6.24. The van der Waals surface area contributed by atoms with Gasteiger partial charge in [-0.25, -0.2) is 14.4 Å². The molecule has 0 fully saturated rings. The lowest BCUT2D eigenvalue weighted by Crippen LogP contribution is -2.18. The molecule has 0 aliphatic carbocycles. The summed E-state index contributed by atoms with van der Waals surface area (Å²) in [4.78, 5) is 8.61. The van der Waals surface area contributed by atoms with Gasteiger partial charge in [-0.3, -0.25) is 0 Å². The number of halogens is 2. The van der Waals surface area contributed by atoms with Gasteiger partial charge in [-0.1, -0.05) is 32.4 Å². The molecule has 1 heterocycles. The van der Waals surface area contributed by atoms with Crippen molar-refractivity contribution in [2.45, 2.75) is 26.2 Å². The van der Waals surface area contributed by atoms with E-state index in [0.29, 0.717) is 12.4 Å². The Kier molecular flexibility index (Phi) is 5.35. The molecule has 0 aliphatic rings. The molecule has 0 atom stereocenters. The number of methoxy groups -OCH3 is 2. The zero-order chi connectivity index (χ0) is 18.1. The smallest absolute Gasteiger partial charge is 0.199 e. The van der Waals surface area contributed by atoms with E-state index in [2.05, 4.69) is 9.97 Å². The summed E-state index contributed by atoms with van der Waals surface area (Å²) in [5.41, 5.74) is 5.77. The molecule has 1 aromatic carbocycles. The van der Waals surface area contributed by atoms with Crippen LogP contribution in [-0.2, 0) is 10.2 Å². The van der Waals surface area contributed by atoms with Crippen molar-refractivity contribution < 1.29 is 18.6 Å². The van der Waals surface area contributed by atoms with Crippen LogP contribution < -0.4 is 15.2 Å². The van der Waals surface area contributed by atoms with Crippen LogP contribution in [0.2, 0.25) is 5.02 Å². The Balaban J connectivity index is 2.76. The number of fused-ring (bicyclic) bond motifs is 1. The van der Waals surface area contributed by atoms with E-state index < -0.39 is 5.82 Å². The predicted molar refractivity (Wildman–Crippen MR) is 91.5 cm³/mol. The SMILES string of the molecule is COCCOc1c(OC)c(F)c2c(N)nc(C(C)(C)C)nc2c1Cl. The van der Waals surface area contributed by atoms with Crippen LogP contribution >= 0.6 is 11.6 Å². The molecule has 0 bridgehead atoms. The second-order valence-corrected chi connectivity index (χ2v) is 6.62. The summed E-state index contributed by atoms with van der Waals surface area (Å²) < 4.78 is 30.4. The van der Waals surface area contributed by atoms with Gasteiger partial charge in [0, 0.05) is 12.5 Å². The lowest BCUT2D eigenvalue weighted by atomic mass is 9.95. The normalized spacial score (nSPS) is 11.8. The first kappa shape index (κ1) is 18.5. The summed E-state index contributed by atoms with van der Waals surface area (Å²) in [5, 5.41) is 0.142. The van der Waals surface area contributed by atoms with Crippen molar-refractivity contribution in [3.05, 3.63) is 16.7 Å². The highest BCUT2D eigenvalue weighted by molar-refractivity contribution is 6.37. The summed E-state index contributed by atoms with van der Waals surface area (Å²) in [7, 11) is 2.86. The van der Waals surface area contributed by atoms with E-state index in [1.54, 1.807) is 0 Å². The Bertz CT molecular complexity index is 763. The Morgan fingerprint density at radius 2 is 1.79 bits per heavy atom. The van der Waals surface area contributed by atoms with Crippen molar-refractivity contribution in [1.82, 2.24) is 9.97 Å². The zero-order valence-corrected chi connectivity index (χ0v) is 15.1. The number of ether oxygens (including phenoxy) is 3. The number of benzene rings is 1. The van der Waals surface area contributed by atoms with Crippen LogP contribution in [0.1, 0.15) is 26.6 Å². The third kappa shape index (κ3) is 3.32. The first-order valence-corrected chi connectivity index (χ1v) is 7.74. The number of hydrogen-bond donors (Lipinski definition) is 1. The zero-order valence-electron chi connectivity index (χ0n) is 14.4. The minimum Gasteiger partial charge on any atom is -0.490 e. The number of anilines is 1. The fourth-order valence-electron chi connectivity index (χ4n) is 2.15. The predicted octanol–water partition coefficient (Wildman–Crippen LogP) is 3.34. The van der Waals surface area contributed by atoms with Crippen LogP contribution in [0.5, 0.6) is 11.5 Å². The van der Waals surface area contributed by atoms with Crippen molar-refractivity contribution in [2.24, 2.45) is 0 Å². The molecular weight excluding hydrogens is 337 g/mol. The molecule has 2 N–H and O–H groups in total. The summed E-state index contributed by atoms with van der Waals surface area (Å²) in [6.45, 7) is 6.29. The molecule has 0 amide bonds. The monoisotopic (exact) mass is 357 g/mol. The van der Waals surface area contributed by atoms with E-state index in [9.17, 15) is 4.39 Å². The van der Waals surface area contributed by atoms with Gasteiger partial charge < -0.3 is 19.9 Å². The van der Waals surface area contributed by atoms with Crippen molar-refractivity contribution in [2.75, 3.05) is 33.2 Å². The minimum atomic E-state index is -0.706. The number of aromatic nitrogens is 2. The van der Waals surface area contributed by atoms with Crippen molar-refractivity contribution in [3.8, 4) is 11.5 Å². The standard InChI is InChI=1S/C16H21ClFN3O3/c1-16(2,3)15-20-11-8(14(19)21-15)10(18)13(23-5)12(9(11)17)24-7-6-22-4/h6-7H2,1-5H3,(H2,19,20,21). The number of nitrogen functional groups attached to an aromatic ring is 1. The Hall–Kier alpha value is -1.86. The van der Waals surface area contributed by atoms with Gasteiger partial charge in [-0.05, 0) is 0 Å². The molecular formula is C16H21ClFN3O3. The molecule has 24 heavy (non-hydrogen) atoms. The summed E-state index contributed by atoms with van der Waals surface area (Å²) in [5.74, 6) is -0.309. The van der Waals surface area contributed by atoms with Gasteiger partial charge in [0.15, 0.2) is 17.3 Å². The first-order valence-electron chi connectivity index (χ1n) is 7.36. The van der Waals surface area contributed by atoms with Gasteiger partial charge in [0.1, 0.15) is 28.8 Å². The average molecular weight is 358 g/mol. The highest BCUT2D eigenvalue weighted by Crippen LogP contribution is 2.44. The molecule has 0 saturated heterocycles. The molecule has 2 aromatic rings. The molecule has 0 aliphatic heterocycles. The third-order valence-electron chi connectivity index (χ3n) is 3.38. The van der Waals surface area contributed by atoms with E-state index in [1.807, 2.05) is 20.8 Å². The lowest BCUT2D eigenvalue weighted by Gasteiger charge is -2.20. The molecule has 132 valence electrons. The maximum atomic E-state index is 14.9. The van der Waals surface area contributed by atoms with Crippen molar-refractivity contribution >= 4 is 28.3 Å². The number of nitrogens with zero attached hydrogens (tertiary/aromatic N) is 2. The Labute approximate surface area is 145 Å². The van der Waals surface area contributed by atoms with Gasteiger partial charge in [-0.15, -0.1) is 0 Å². The molecule has 6 nitrogen and oxygen atoms in total. The third-order valence-corrected chi connectivity index (χ3v) is 3.73. The van der Waals surface area contributed by atoms with Crippen LogP contribution in [0.3, 0.4) is 0 Å². The van der Waals surface area contributed by atoms with E-state index in [0.717, 1.165) is 0 Å². The number of nitrogens with two attached hydrogens (primary N) is 1. The lowest BCUT2D eigenvalue weighted by molar-refractivity contribution is 0.144. The molecule has 1 aromatic heterocycles. The quantitative estimate of drug-likeness (QED) is 0.827. The molecule has 0 unspecified atom stereocenters. The molecule has 8 heteroatoms. The number of hydrogen-bond acceptors (Lipinski definition) is 6. The highest BCUT2D eigenvalue weighted by atomic mass is 35.5. The fourth-order valence-corrected chi connectivity index (χ4v) is 2.42. The average Bonchev–Trinajstić information content (AvgIpc) is 2.50. The topological polar surface area (TPSA) is 79.5 Å². The second kappa shape index (κ2) is 6.94. The summed E-state index contributed by atoms with van der Waals surface area (Å²) in [6.07, 6.45) is 0. The molecule has 0 saturated carbocycles. The largest absolute Gasteiger partial charge is 0.490 e. The minimum absolute atomic E-state index is 0.00562. The Morgan fingerprint density at radius 3 is 2.33 bits per heavy atom. The van der Waals surface area contributed by atoms with Crippen LogP contribution in [0.25, 0.3) is 10.9 Å². The van der Waals surface area contributed by atoms with Gasteiger partial charge in [0.05, 0.1) is 19.1 Å². The molecule has 0 spiro atoms. The first-order chi connectivity index (χ1) is 11.2. The van der Waals surface area contributed by atoms with Crippen molar-refractivity contribution in [1.29, 1.82) is 0 Å². The maximum absolute atomic E-state index is 14.9. The van der Waals surface area contributed by atoms with Crippen LogP contribution in [-0.4, -0.2) is 37.4 Å². The van der Waals surface area contributed by atoms with Gasteiger partial charge in [0.25, 0.3) is 0 Å². The van der Waals surface area contributed by atoms with E-state index >= 15 is 0 Å². The summed E-state index contributed by atoms with van der Waals surface area (Å²) in [6, 6.07) is 0. The summed E-state index contributed by atoms with van der Waals surface area (Å²) >= 11 is 6.41. The van der Waals surface area contributed by atoms with E-state index in [1.165, 1.54) is 14.2 Å². The van der Waals surface area contributed by atoms with E-state index in [-0.39, 0.29) is 45.3 Å².